The van der Waals surface area contributed by atoms with Crippen molar-refractivity contribution in [3.63, 3.8) is 0 Å². The molecule has 0 aromatic heterocycles. The second-order valence-corrected chi connectivity index (χ2v) is 2.88. The lowest BCUT2D eigenvalue weighted by atomic mass is 10.1. The first kappa shape index (κ1) is 10.5. The van der Waals surface area contributed by atoms with Gasteiger partial charge in [0.1, 0.15) is 0 Å². The number of hydrogen-bond acceptors (Lipinski definition) is 2. The first-order valence-corrected chi connectivity index (χ1v) is 4.58. The quantitative estimate of drug-likeness (QED) is 0.279. The SMILES string of the molecule is CN=C(NN)NCCc1ccccc1. The Bertz CT molecular complexity index is 281. The molecule has 4 nitrogen and oxygen atoms in total. The fourth-order valence-corrected chi connectivity index (χ4v) is 1.16. The van der Waals surface area contributed by atoms with E-state index in [1.807, 2.05) is 18.2 Å². The largest absolute Gasteiger partial charge is 0.355 e. The molecule has 0 heterocycles. The average Bonchev–Trinajstić information content (AvgIpc) is 2.26. The Morgan fingerprint density at radius 2 is 2.07 bits per heavy atom. The topological polar surface area (TPSA) is 62.4 Å². The predicted octanol–water partition coefficient (Wildman–Crippen LogP) is 0.268. The van der Waals surface area contributed by atoms with Gasteiger partial charge >= 0.3 is 0 Å². The zero-order valence-corrected chi connectivity index (χ0v) is 8.33. The molecule has 76 valence electrons. The van der Waals surface area contributed by atoms with Crippen molar-refractivity contribution < 1.29 is 0 Å². The molecule has 4 N–H and O–H groups in total. The summed E-state index contributed by atoms with van der Waals surface area (Å²) in [5, 5.41) is 3.08. The molecule has 0 aliphatic rings. The van der Waals surface area contributed by atoms with E-state index >= 15 is 0 Å². The fraction of sp³-hybridized carbons (Fsp3) is 0.300. The lowest BCUT2D eigenvalue weighted by molar-refractivity contribution is 0.817. The first-order valence-electron chi connectivity index (χ1n) is 4.58. The molecule has 0 unspecified atom stereocenters. The number of aliphatic imine (C=N–C) groups is 1. The van der Waals surface area contributed by atoms with E-state index in [-0.39, 0.29) is 0 Å². The minimum Gasteiger partial charge on any atom is -0.355 e. The lowest BCUT2D eigenvalue weighted by Crippen LogP contribution is -2.42. The van der Waals surface area contributed by atoms with Crippen molar-refractivity contribution in [1.82, 2.24) is 10.7 Å². The van der Waals surface area contributed by atoms with Gasteiger partial charge in [0.15, 0.2) is 0 Å². The van der Waals surface area contributed by atoms with E-state index in [1.54, 1.807) is 7.05 Å². The van der Waals surface area contributed by atoms with Crippen LogP contribution in [0.2, 0.25) is 0 Å². The number of nitrogens with one attached hydrogen (secondary N) is 2. The van der Waals surface area contributed by atoms with E-state index in [2.05, 4.69) is 27.9 Å². The summed E-state index contributed by atoms with van der Waals surface area (Å²) in [6, 6.07) is 10.3. The van der Waals surface area contributed by atoms with Gasteiger partial charge in [-0.25, -0.2) is 5.84 Å². The molecule has 1 aromatic carbocycles. The van der Waals surface area contributed by atoms with Gasteiger partial charge in [0.05, 0.1) is 0 Å². The molecule has 0 amide bonds. The van der Waals surface area contributed by atoms with Crippen LogP contribution in [-0.2, 0) is 6.42 Å². The van der Waals surface area contributed by atoms with Gasteiger partial charge in [-0.1, -0.05) is 30.3 Å². The maximum Gasteiger partial charge on any atom is 0.205 e. The Labute approximate surface area is 84.2 Å². The average molecular weight is 192 g/mol. The number of guanidine groups is 1. The number of nitrogens with zero attached hydrogens (tertiary/aromatic N) is 1. The van der Waals surface area contributed by atoms with Crippen LogP contribution in [0, 0.1) is 0 Å². The van der Waals surface area contributed by atoms with Gasteiger partial charge in [-0.15, -0.1) is 0 Å². The molecule has 0 fully saturated rings. The van der Waals surface area contributed by atoms with Crippen LogP contribution in [0.15, 0.2) is 35.3 Å². The van der Waals surface area contributed by atoms with E-state index < -0.39 is 0 Å². The standard InChI is InChI=1S/C10H16N4/c1-12-10(14-11)13-8-7-9-5-3-2-4-6-9/h2-6H,7-8,11H2,1H3,(H2,12,13,14). The minimum atomic E-state index is 0.612. The number of hydrazine groups is 1. The van der Waals surface area contributed by atoms with Crippen LogP contribution in [0.1, 0.15) is 5.56 Å². The molecule has 14 heavy (non-hydrogen) atoms. The molecule has 0 saturated carbocycles. The van der Waals surface area contributed by atoms with Gasteiger partial charge in [-0.3, -0.25) is 10.4 Å². The van der Waals surface area contributed by atoms with Crippen LogP contribution in [-0.4, -0.2) is 19.6 Å². The maximum atomic E-state index is 5.22. The van der Waals surface area contributed by atoms with Crippen LogP contribution >= 0.6 is 0 Å². The van der Waals surface area contributed by atoms with Crippen molar-refractivity contribution in [1.29, 1.82) is 0 Å². The normalized spacial score (nSPS) is 11.1. The summed E-state index contributed by atoms with van der Waals surface area (Å²) in [6.45, 7) is 0.820. The van der Waals surface area contributed by atoms with Gasteiger partial charge in [-0.05, 0) is 12.0 Å². The van der Waals surface area contributed by atoms with Crippen LogP contribution in [0.4, 0.5) is 0 Å². The molecule has 0 aliphatic carbocycles. The summed E-state index contributed by atoms with van der Waals surface area (Å²) < 4.78 is 0. The third-order valence-electron chi connectivity index (χ3n) is 1.91. The van der Waals surface area contributed by atoms with Gasteiger partial charge < -0.3 is 5.32 Å². The van der Waals surface area contributed by atoms with Crippen molar-refractivity contribution in [3.8, 4) is 0 Å². The molecule has 0 atom stereocenters. The van der Waals surface area contributed by atoms with Crippen molar-refractivity contribution >= 4 is 5.96 Å². The predicted molar refractivity (Wildman–Crippen MR) is 58.8 cm³/mol. The summed E-state index contributed by atoms with van der Waals surface area (Å²) >= 11 is 0. The highest BCUT2D eigenvalue weighted by Gasteiger charge is 1.93. The van der Waals surface area contributed by atoms with Crippen LogP contribution < -0.4 is 16.6 Å². The van der Waals surface area contributed by atoms with E-state index in [4.69, 9.17) is 5.84 Å². The van der Waals surface area contributed by atoms with E-state index in [9.17, 15) is 0 Å². The smallest absolute Gasteiger partial charge is 0.205 e. The van der Waals surface area contributed by atoms with Crippen LogP contribution in [0.25, 0.3) is 0 Å². The highest BCUT2D eigenvalue weighted by molar-refractivity contribution is 5.78. The third-order valence-corrected chi connectivity index (χ3v) is 1.91. The van der Waals surface area contributed by atoms with Crippen molar-refractivity contribution in [2.45, 2.75) is 6.42 Å². The fourth-order valence-electron chi connectivity index (χ4n) is 1.16. The number of benzene rings is 1. The summed E-state index contributed by atoms with van der Waals surface area (Å²) in [5.41, 5.74) is 3.78. The van der Waals surface area contributed by atoms with Gasteiger partial charge in [-0.2, -0.15) is 0 Å². The summed E-state index contributed by atoms with van der Waals surface area (Å²) in [7, 11) is 1.69. The Morgan fingerprint density at radius 1 is 1.36 bits per heavy atom. The zero-order chi connectivity index (χ0) is 10.2. The van der Waals surface area contributed by atoms with Crippen molar-refractivity contribution in [2.24, 2.45) is 10.8 Å². The zero-order valence-electron chi connectivity index (χ0n) is 8.33. The lowest BCUT2D eigenvalue weighted by Gasteiger charge is -2.07. The Morgan fingerprint density at radius 3 is 2.64 bits per heavy atom. The molecule has 4 heteroatoms. The van der Waals surface area contributed by atoms with Gasteiger partial charge in [0.25, 0.3) is 0 Å². The molecule has 0 radical (unpaired) electrons. The summed E-state index contributed by atoms with van der Waals surface area (Å²) in [4.78, 5) is 3.91. The second-order valence-electron chi connectivity index (χ2n) is 2.88. The van der Waals surface area contributed by atoms with Crippen LogP contribution in [0.5, 0.6) is 0 Å². The Balaban J connectivity index is 2.29. The summed E-state index contributed by atoms with van der Waals surface area (Å²) in [6.07, 6.45) is 0.960. The van der Waals surface area contributed by atoms with E-state index in [1.165, 1.54) is 5.56 Å². The number of rotatable bonds is 3. The van der Waals surface area contributed by atoms with Gasteiger partial charge in [0, 0.05) is 13.6 Å². The van der Waals surface area contributed by atoms with Gasteiger partial charge in [0.2, 0.25) is 5.96 Å². The molecule has 0 saturated heterocycles. The summed E-state index contributed by atoms with van der Waals surface area (Å²) in [5.74, 6) is 5.83. The maximum absolute atomic E-state index is 5.22. The molecule has 0 spiro atoms. The Hall–Kier alpha value is -1.55. The molecule has 0 aliphatic heterocycles. The molecular formula is C10H16N4. The van der Waals surface area contributed by atoms with Crippen molar-refractivity contribution in [3.05, 3.63) is 35.9 Å². The number of hydrogen-bond donors (Lipinski definition) is 3. The molecule has 0 bridgehead atoms. The third kappa shape index (κ3) is 3.45. The van der Waals surface area contributed by atoms with E-state index in [0.717, 1.165) is 13.0 Å². The highest BCUT2D eigenvalue weighted by Crippen LogP contribution is 1.97. The molecule has 1 aromatic rings. The molecule has 1 rings (SSSR count). The van der Waals surface area contributed by atoms with Crippen molar-refractivity contribution in [2.75, 3.05) is 13.6 Å². The minimum absolute atomic E-state index is 0.612. The monoisotopic (exact) mass is 192 g/mol. The van der Waals surface area contributed by atoms with E-state index in [0.29, 0.717) is 5.96 Å². The van der Waals surface area contributed by atoms with Crippen LogP contribution in [0.3, 0.4) is 0 Å². The molecular weight excluding hydrogens is 176 g/mol. The Kier molecular flexibility index (Phi) is 4.50. The highest BCUT2D eigenvalue weighted by atomic mass is 15.3. The first-order chi connectivity index (χ1) is 6.86. The number of nitrogens with two attached hydrogens (primary N) is 1. The second kappa shape index (κ2) is 5.99.